The third-order valence-corrected chi connectivity index (χ3v) is 5.98. The zero-order valence-electron chi connectivity index (χ0n) is 14.9. The highest BCUT2D eigenvalue weighted by atomic mass is 79.9. The number of halogens is 1. The lowest BCUT2D eigenvalue weighted by molar-refractivity contribution is -0.116. The van der Waals surface area contributed by atoms with E-state index in [2.05, 4.69) is 26.6 Å². The molecule has 9 heteroatoms. The summed E-state index contributed by atoms with van der Waals surface area (Å²) in [6.45, 7) is 0.163. The Balaban J connectivity index is 1.89. The van der Waals surface area contributed by atoms with Crippen molar-refractivity contribution in [2.24, 2.45) is 0 Å². The first-order chi connectivity index (χ1) is 12.7. The van der Waals surface area contributed by atoms with Gasteiger partial charge in [-0.05, 0) is 42.5 Å². The van der Waals surface area contributed by atoms with Crippen LogP contribution in [0.4, 0.5) is 5.69 Å². The summed E-state index contributed by atoms with van der Waals surface area (Å²) in [5, 5.41) is 5.30. The molecule has 2 rings (SSSR count). The quantitative estimate of drug-likeness (QED) is 0.672. The van der Waals surface area contributed by atoms with Crippen LogP contribution in [0.15, 0.2) is 57.9 Å². The average Bonchev–Trinajstić information content (AvgIpc) is 2.62. The lowest BCUT2D eigenvalue weighted by Gasteiger charge is -2.12. The zero-order chi connectivity index (χ0) is 20.0. The van der Waals surface area contributed by atoms with Crippen molar-refractivity contribution in [3.05, 3.63) is 58.6 Å². The Kier molecular flexibility index (Phi) is 7.11. The van der Waals surface area contributed by atoms with Crippen LogP contribution in [0.5, 0.6) is 0 Å². The number of benzene rings is 2. The Labute approximate surface area is 166 Å². The first-order valence-corrected chi connectivity index (χ1v) is 10.3. The van der Waals surface area contributed by atoms with Gasteiger partial charge in [0.25, 0.3) is 5.91 Å². The maximum Gasteiger partial charge on any atom is 0.251 e. The lowest BCUT2D eigenvalue weighted by atomic mass is 10.2. The molecule has 2 aromatic rings. The van der Waals surface area contributed by atoms with E-state index in [0.717, 1.165) is 8.78 Å². The van der Waals surface area contributed by atoms with E-state index in [4.69, 9.17) is 0 Å². The van der Waals surface area contributed by atoms with E-state index >= 15 is 0 Å². The Morgan fingerprint density at radius 1 is 1.07 bits per heavy atom. The molecule has 0 unspecified atom stereocenters. The summed E-state index contributed by atoms with van der Waals surface area (Å²) in [6.07, 6.45) is 0.0624. The number of hydrogen-bond donors (Lipinski definition) is 2. The second-order valence-corrected chi connectivity index (χ2v) is 8.94. The summed E-state index contributed by atoms with van der Waals surface area (Å²) in [5.41, 5.74) is 0.877. The molecule has 0 spiro atoms. The van der Waals surface area contributed by atoms with E-state index in [-0.39, 0.29) is 29.7 Å². The van der Waals surface area contributed by atoms with Crippen LogP contribution in [0.2, 0.25) is 0 Å². The Bertz CT molecular complexity index is 928. The summed E-state index contributed by atoms with van der Waals surface area (Å²) < 4.78 is 26.2. The summed E-state index contributed by atoms with van der Waals surface area (Å²) >= 11 is 3.30. The van der Waals surface area contributed by atoms with Gasteiger partial charge < -0.3 is 10.6 Å². The van der Waals surface area contributed by atoms with Gasteiger partial charge in [0.2, 0.25) is 15.9 Å². The normalized spacial score (nSPS) is 11.3. The van der Waals surface area contributed by atoms with Crippen LogP contribution in [0.25, 0.3) is 0 Å². The molecule has 0 aliphatic carbocycles. The van der Waals surface area contributed by atoms with Crippen LogP contribution in [-0.4, -0.2) is 45.2 Å². The standard InChI is InChI=1S/C18H20BrN3O4S/c1-22(2)27(25,26)16-5-3-4-15(12-16)21-17(23)10-11-20-18(24)13-6-8-14(19)9-7-13/h3-9,12H,10-11H2,1-2H3,(H,20,24)(H,21,23). The summed E-state index contributed by atoms with van der Waals surface area (Å²) in [7, 11) is -0.697. The molecular formula is C18H20BrN3O4S. The third kappa shape index (κ3) is 5.88. The van der Waals surface area contributed by atoms with Gasteiger partial charge in [0.15, 0.2) is 0 Å². The minimum atomic E-state index is -3.58. The maximum absolute atomic E-state index is 12.1. The van der Waals surface area contributed by atoms with Crippen LogP contribution in [0.3, 0.4) is 0 Å². The van der Waals surface area contributed by atoms with Crippen LogP contribution < -0.4 is 10.6 Å². The molecule has 0 saturated carbocycles. The molecule has 0 bridgehead atoms. The second kappa shape index (κ2) is 9.12. The zero-order valence-corrected chi connectivity index (χ0v) is 17.3. The van der Waals surface area contributed by atoms with Crippen molar-refractivity contribution < 1.29 is 18.0 Å². The van der Waals surface area contributed by atoms with Crippen molar-refractivity contribution >= 4 is 43.5 Å². The van der Waals surface area contributed by atoms with E-state index in [1.54, 1.807) is 36.4 Å². The smallest absolute Gasteiger partial charge is 0.251 e. The van der Waals surface area contributed by atoms with E-state index < -0.39 is 10.0 Å². The molecule has 0 saturated heterocycles. The first kappa shape index (κ1) is 21.1. The SMILES string of the molecule is CN(C)S(=O)(=O)c1cccc(NC(=O)CCNC(=O)c2ccc(Br)cc2)c1. The maximum atomic E-state index is 12.1. The molecule has 2 N–H and O–H groups in total. The van der Waals surface area contributed by atoms with Crippen molar-refractivity contribution in [1.82, 2.24) is 9.62 Å². The molecule has 0 atom stereocenters. The minimum Gasteiger partial charge on any atom is -0.352 e. The van der Waals surface area contributed by atoms with Crippen molar-refractivity contribution in [2.45, 2.75) is 11.3 Å². The molecule has 0 heterocycles. The summed E-state index contributed by atoms with van der Waals surface area (Å²) in [6, 6.07) is 12.9. The fourth-order valence-electron chi connectivity index (χ4n) is 2.16. The number of carbonyl (C=O) groups is 2. The van der Waals surface area contributed by atoms with Gasteiger partial charge in [0.1, 0.15) is 0 Å². The third-order valence-electron chi connectivity index (χ3n) is 3.64. The minimum absolute atomic E-state index is 0.0624. The predicted molar refractivity (Wildman–Crippen MR) is 107 cm³/mol. The van der Waals surface area contributed by atoms with Crippen molar-refractivity contribution in [3.8, 4) is 0 Å². The molecule has 0 aromatic heterocycles. The van der Waals surface area contributed by atoms with Crippen LogP contribution in [-0.2, 0) is 14.8 Å². The highest BCUT2D eigenvalue weighted by molar-refractivity contribution is 9.10. The van der Waals surface area contributed by atoms with Crippen LogP contribution >= 0.6 is 15.9 Å². The first-order valence-electron chi connectivity index (χ1n) is 8.06. The number of nitrogens with one attached hydrogen (secondary N) is 2. The number of rotatable bonds is 7. The number of carbonyl (C=O) groups excluding carboxylic acids is 2. The van der Waals surface area contributed by atoms with Gasteiger partial charge in [-0.2, -0.15) is 0 Å². The molecule has 0 aliphatic heterocycles. The van der Waals surface area contributed by atoms with Gasteiger partial charge in [0.05, 0.1) is 4.90 Å². The molecule has 2 aromatic carbocycles. The predicted octanol–water partition coefficient (Wildman–Crippen LogP) is 2.46. The van der Waals surface area contributed by atoms with E-state index in [1.807, 2.05) is 0 Å². The number of anilines is 1. The highest BCUT2D eigenvalue weighted by Crippen LogP contribution is 2.18. The van der Waals surface area contributed by atoms with Crippen LogP contribution in [0, 0.1) is 0 Å². The highest BCUT2D eigenvalue weighted by Gasteiger charge is 2.17. The number of sulfonamides is 1. The molecule has 0 fully saturated rings. The van der Waals surface area contributed by atoms with Crippen molar-refractivity contribution in [1.29, 1.82) is 0 Å². The molecule has 2 amide bonds. The monoisotopic (exact) mass is 453 g/mol. The van der Waals surface area contributed by atoms with Crippen molar-refractivity contribution in [3.63, 3.8) is 0 Å². The molecular weight excluding hydrogens is 434 g/mol. The second-order valence-electron chi connectivity index (χ2n) is 5.88. The average molecular weight is 454 g/mol. The largest absolute Gasteiger partial charge is 0.352 e. The molecule has 0 aliphatic rings. The molecule has 7 nitrogen and oxygen atoms in total. The van der Waals surface area contributed by atoms with Gasteiger partial charge in [-0.15, -0.1) is 0 Å². The van der Waals surface area contributed by atoms with Crippen LogP contribution in [0.1, 0.15) is 16.8 Å². The van der Waals surface area contributed by atoms with Crippen molar-refractivity contribution in [2.75, 3.05) is 26.0 Å². The molecule has 27 heavy (non-hydrogen) atoms. The lowest BCUT2D eigenvalue weighted by Crippen LogP contribution is -2.27. The number of nitrogens with zero attached hydrogens (tertiary/aromatic N) is 1. The fourth-order valence-corrected chi connectivity index (χ4v) is 3.37. The number of amides is 2. The van der Waals surface area contributed by atoms with Gasteiger partial charge in [0, 0.05) is 42.8 Å². The molecule has 0 radical (unpaired) electrons. The van der Waals surface area contributed by atoms with Gasteiger partial charge >= 0.3 is 0 Å². The van der Waals surface area contributed by atoms with E-state index in [1.165, 1.54) is 26.2 Å². The van der Waals surface area contributed by atoms with Gasteiger partial charge in [-0.3, -0.25) is 9.59 Å². The Hall–Kier alpha value is -2.23. The van der Waals surface area contributed by atoms with E-state index in [9.17, 15) is 18.0 Å². The number of hydrogen-bond acceptors (Lipinski definition) is 4. The van der Waals surface area contributed by atoms with Gasteiger partial charge in [-0.25, -0.2) is 12.7 Å². The summed E-state index contributed by atoms with van der Waals surface area (Å²) in [5.74, 6) is -0.597. The Morgan fingerprint density at radius 3 is 2.37 bits per heavy atom. The molecule has 144 valence electrons. The topological polar surface area (TPSA) is 95.6 Å². The van der Waals surface area contributed by atoms with E-state index in [0.29, 0.717) is 11.3 Å². The Morgan fingerprint density at radius 2 is 1.74 bits per heavy atom. The van der Waals surface area contributed by atoms with Gasteiger partial charge in [-0.1, -0.05) is 22.0 Å². The summed E-state index contributed by atoms with van der Waals surface area (Å²) in [4.78, 5) is 24.1. The fraction of sp³-hybridized carbons (Fsp3) is 0.222.